The summed E-state index contributed by atoms with van der Waals surface area (Å²) in [5.41, 5.74) is 1.55. The summed E-state index contributed by atoms with van der Waals surface area (Å²) in [4.78, 5) is 25.9. The topological polar surface area (TPSA) is 46.6 Å². The first kappa shape index (κ1) is 15.8. The summed E-state index contributed by atoms with van der Waals surface area (Å²) >= 11 is 6.06. The van der Waals surface area contributed by atoms with E-state index in [1.165, 1.54) is 0 Å². The van der Waals surface area contributed by atoms with Gasteiger partial charge in [-0.05, 0) is 44.4 Å². The average molecular weight is 310 g/mol. The molecular formula is C16H20ClNO3. The van der Waals surface area contributed by atoms with Crippen molar-refractivity contribution in [3.8, 4) is 0 Å². The van der Waals surface area contributed by atoms with Crippen LogP contribution in [0.4, 0.5) is 0 Å². The summed E-state index contributed by atoms with van der Waals surface area (Å²) in [6.07, 6.45) is 1.31. The molecule has 0 aliphatic carbocycles. The van der Waals surface area contributed by atoms with Crippen molar-refractivity contribution in [1.82, 2.24) is 4.90 Å². The van der Waals surface area contributed by atoms with Gasteiger partial charge < -0.3 is 9.64 Å². The second-order valence-electron chi connectivity index (χ2n) is 5.28. The lowest BCUT2D eigenvalue weighted by atomic mass is 9.96. The Balaban J connectivity index is 1.97. The zero-order valence-electron chi connectivity index (χ0n) is 12.4. The Hall–Kier alpha value is -1.55. The Morgan fingerprint density at radius 2 is 2.00 bits per heavy atom. The smallest absolute Gasteiger partial charge is 0.309 e. The highest BCUT2D eigenvalue weighted by Crippen LogP contribution is 2.22. The zero-order valence-corrected chi connectivity index (χ0v) is 13.2. The number of amides is 1. The molecule has 1 saturated heterocycles. The molecule has 21 heavy (non-hydrogen) atoms. The molecule has 1 fully saturated rings. The molecule has 1 aliphatic rings. The standard InChI is InChI=1S/C16H20ClNO3/c1-3-21-16(20)12-6-8-18(9-7-12)15(19)13-5-4-11(2)14(17)10-13/h4-5,10,12H,3,6-9H2,1-2H3. The number of carbonyl (C=O) groups excluding carboxylic acids is 2. The zero-order chi connectivity index (χ0) is 15.4. The number of carbonyl (C=O) groups is 2. The van der Waals surface area contributed by atoms with Crippen molar-refractivity contribution in [2.75, 3.05) is 19.7 Å². The number of hydrogen-bond donors (Lipinski definition) is 0. The van der Waals surface area contributed by atoms with Crippen LogP contribution in [0.25, 0.3) is 0 Å². The fourth-order valence-electron chi connectivity index (χ4n) is 2.49. The third-order valence-corrected chi connectivity index (χ3v) is 4.23. The van der Waals surface area contributed by atoms with Crippen LogP contribution in [-0.4, -0.2) is 36.5 Å². The lowest BCUT2D eigenvalue weighted by Gasteiger charge is -2.31. The van der Waals surface area contributed by atoms with Crippen LogP contribution >= 0.6 is 11.6 Å². The lowest BCUT2D eigenvalue weighted by Crippen LogP contribution is -2.40. The molecule has 0 aromatic heterocycles. The van der Waals surface area contributed by atoms with E-state index in [4.69, 9.17) is 16.3 Å². The van der Waals surface area contributed by atoms with Crippen LogP contribution < -0.4 is 0 Å². The van der Waals surface area contributed by atoms with Gasteiger partial charge in [0.2, 0.25) is 0 Å². The number of rotatable bonds is 3. The minimum absolute atomic E-state index is 0.0285. The van der Waals surface area contributed by atoms with Gasteiger partial charge in [-0.2, -0.15) is 0 Å². The van der Waals surface area contributed by atoms with Gasteiger partial charge in [0.25, 0.3) is 5.91 Å². The van der Waals surface area contributed by atoms with Crippen LogP contribution in [0.15, 0.2) is 18.2 Å². The maximum atomic E-state index is 12.4. The Kier molecular flexibility index (Phi) is 5.23. The van der Waals surface area contributed by atoms with Gasteiger partial charge in [0.1, 0.15) is 0 Å². The second kappa shape index (κ2) is 6.94. The highest BCUT2D eigenvalue weighted by molar-refractivity contribution is 6.31. The number of aryl methyl sites for hydroxylation is 1. The molecule has 1 amide bonds. The van der Waals surface area contributed by atoms with Crippen molar-refractivity contribution >= 4 is 23.5 Å². The number of piperidine rings is 1. The monoisotopic (exact) mass is 309 g/mol. The van der Waals surface area contributed by atoms with Crippen LogP contribution in [-0.2, 0) is 9.53 Å². The summed E-state index contributed by atoms with van der Waals surface area (Å²) in [7, 11) is 0. The quantitative estimate of drug-likeness (QED) is 0.806. The van der Waals surface area contributed by atoms with Gasteiger partial charge in [-0.3, -0.25) is 9.59 Å². The highest BCUT2D eigenvalue weighted by atomic mass is 35.5. The first-order valence-electron chi connectivity index (χ1n) is 7.25. The number of ether oxygens (including phenoxy) is 1. The van der Waals surface area contributed by atoms with Gasteiger partial charge >= 0.3 is 5.97 Å². The van der Waals surface area contributed by atoms with Gasteiger partial charge in [-0.1, -0.05) is 17.7 Å². The number of likely N-dealkylation sites (tertiary alicyclic amines) is 1. The molecule has 0 unspecified atom stereocenters. The van der Waals surface area contributed by atoms with Crippen molar-refractivity contribution in [3.63, 3.8) is 0 Å². The van der Waals surface area contributed by atoms with Gasteiger partial charge in [0.05, 0.1) is 12.5 Å². The molecule has 0 atom stereocenters. The molecule has 5 heteroatoms. The summed E-state index contributed by atoms with van der Waals surface area (Å²) in [6.45, 7) is 5.26. The molecule has 1 aromatic carbocycles. The lowest BCUT2D eigenvalue weighted by molar-refractivity contribution is -0.149. The van der Waals surface area contributed by atoms with E-state index in [0.29, 0.717) is 43.1 Å². The molecular weight excluding hydrogens is 290 g/mol. The van der Waals surface area contributed by atoms with E-state index >= 15 is 0 Å². The molecule has 0 saturated carbocycles. The van der Waals surface area contributed by atoms with Gasteiger partial charge in [-0.25, -0.2) is 0 Å². The molecule has 0 N–H and O–H groups in total. The van der Waals surface area contributed by atoms with Crippen molar-refractivity contribution in [2.45, 2.75) is 26.7 Å². The molecule has 4 nitrogen and oxygen atoms in total. The highest BCUT2D eigenvalue weighted by Gasteiger charge is 2.28. The number of hydrogen-bond acceptors (Lipinski definition) is 3. The molecule has 2 rings (SSSR count). The van der Waals surface area contributed by atoms with Crippen molar-refractivity contribution in [2.24, 2.45) is 5.92 Å². The molecule has 0 bridgehead atoms. The van der Waals surface area contributed by atoms with E-state index in [9.17, 15) is 9.59 Å². The Labute approximate surface area is 130 Å². The summed E-state index contributed by atoms with van der Waals surface area (Å²) < 4.78 is 5.03. The fourth-order valence-corrected chi connectivity index (χ4v) is 2.67. The minimum atomic E-state index is -0.150. The summed E-state index contributed by atoms with van der Waals surface area (Å²) in [5, 5.41) is 0.599. The third-order valence-electron chi connectivity index (χ3n) is 3.82. The van der Waals surface area contributed by atoms with E-state index in [-0.39, 0.29) is 17.8 Å². The molecule has 1 aromatic rings. The first-order chi connectivity index (χ1) is 10.0. The summed E-state index contributed by atoms with van der Waals surface area (Å²) in [5.74, 6) is -0.266. The predicted octanol–water partition coefficient (Wildman–Crippen LogP) is 3.06. The molecule has 114 valence electrons. The van der Waals surface area contributed by atoms with Crippen molar-refractivity contribution in [3.05, 3.63) is 34.3 Å². The number of nitrogens with zero attached hydrogens (tertiary/aromatic N) is 1. The van der Waals surface area contributed by atoms with Crippen LogP contribution in [0.2, 0.25) is 5.02 Å². The van der Waals surface area contributed by atoms with E-state index in [1.807, 2.05) is 13.0 Å². The van der Waals surface area contributed by atoms with Crippen LogP contribution in [0, 0.1) is 12.8 Å². The normalized spacial score (nSPS) is 15.9. The molecule has 1 heterocycles. The summed E-state index contributed by atoms with van der Waals surface area (Å²) in [6, 6.07) is 5.35. The average Bonchev–Trinajstić information content (AvgIpc) is 2.50. The van der Waals surface area contributed by atoms with Gasteiger partial charge in [0.15, 0.2) is 0 Å². The van der Waals surface area contributed by atoms with Crippen LogP contribution in [0.3, 0.4) is 0 Å². The van der Waals surface area contributed by atoms with E-state index in [0.717, 1.165) is 5.56 Å². The molecule has 0 spiro atoms. The van der Waals surface area contributed by atoms with E-state index < -0.39 is 0 Å². The predicted molar refractivity (Wildman–Crippen MR) is 81.4 cm³/mol. The van der Waals surface area contributed by atoms with Crippen molar-refractivity contribution in [1.29, 1.82) is 0 Å². The Bertz CT molecular complexity index is 536. The molecule has 1 aliphatic heterocycles. The van der Waals surface area contributed by atoms with E-state index in [1.54, 1.807) is 24.0 Å². The maximum Gasteiger partial charge on any atom is 0.309 e. The van der Waals surface area contributed by atoms with Crippen molar-refractivity contribution < 1.29 is 14.3 Å². The van der Waals surface area contributed by atoms with Crippen LogP contribution in [0.5, 0.6) is 0 Å². The largest absolute Gasteiger partial charge is 0.466 e. The molecule has 0 radical (unpaired) electrons. The number of benzene rings is 1. The van der Waals surface area contributed by atoms with Gasteiger partial charge in [-0.15, -0.1) is 0 Å². The maximum absolute atomic E-state index is 12.4. The SMILES string of the molecule is CCOC(=O)C1CCN(C(=O)c2ccc(C)c(Cl)c2)CC1. The fraction of sp³-hybridized carbons (Fsp3) is 0.500. The Morgan fingerprint density at radius 3 is 2.57 bits per heavy atom. The number of esters is 1. The number of halogens is 1. The van der Waals surface area contributed by atoms with Crippen LogP contribution in [0.1, 0.15) is 35.7 Å². The van der Waals surface area contributed by atoms with E-state index in [2.05, 4.69) is 0 Å². The van der Waals surface area contributed by atoms with Gasteiger partial charge in [0, 0.05) is 23.7 Å². The first-order valence-corrected chi connectivity index (χ1v) is 7.62. The minimum Gasteiger partial charge on any atom is -0.466 e. The third kappa shape index (κ3) is 3.76. The Morgan fingerprint density at radius 1 is 1.33 bits per heavy atom. The second-order valence-corrected chi connectivity index (χ2v) is 5.69.